The minimum atomic E-state index is -1.52. The Labute approximate surface area is 163 Å². The molecule has 4 aromatic carbocycles. The number of hydrogen-bond donors (Lipinski definition) is 2. The van der Waals surface area contributed by atoms with Gasteiger partial charge in [0.2, 0.25) is 0 Å². The van der Waals surface area contributed by atoms with Crippen molar-refractivity contribution >= 4 is 34.4 Å². The third kappa shape index (κ3) is 2.62. The number of fused-ring (bicyclic) bond motifs is 3. The van der Waals surface area contributed by atoms with Crippen LogP contribution in [0.2, 0.25) is 0 Å². The monoisotopic (exact) mass is 363 g/mol. The van der Waals surface area contributed by atoms with Gasteiger partial charge in [-0.2, -0.15) is 0 Å². The molecule has 3 nitrogen and oxygen atoms in total. The maximum absolute atomic E-state index is 9.90. The summed E-state index contributed by atoms with van der Waals surface area (Å²) in [7, 11) is -1.52. The van der Waals surface area contributed by atoms with E-state index in [-0.39, 0.29) is 0 Å². The lowest BCUT2D eigenvalue weighted by Crippen LogP contribution is -2.30. The Kier molecular flexibility index (Phi) is 4.01. The molecule has 0 bridgehead atoms. The van der Waals surface area contributed by atoms with Crippen LogP contribution in [0.1, 0.15) is 0 Å². The van der Waals surface area contributed by atoms with Crippen molar-refractivity contribution in [1.82, 2.24) is 4.57 Å². The fourth-order valence-electron chi connectivity index (χ4n) is 4.00. The molecule has 0 unspecified atom stereocenters. The van der Waals surface area contributed by atoms with E-state index in [0.717, 1.165) is 38.6 Å². The molecule has 0 spiro atoms. The van der Waals surface area contributed by atoms with Crippen LogP contribution in [0.5, 0.6) is 0 Å². The lowest BCUT2D eigenvalue weighted by molar-refractivity contribution is 0.426. The minimum absolute atomic E-state index is 0.520. The van der Waals surface area contributed by atoms with Crippen LogP contribution in [0.3, 0.4) is 0 Å². The van der Waals surface area contributed by atoms with Crippen LogP contribution in [-0.4, -0.2) is 21.7 Å². The largest absolute Gasteiger partial charge is 0.489 e. The van der Waals surface area contributed by atoms with Crippen LogP contribution in [-0.2, 0) is 0 Å². The highest BCUT2D eigenvalue weighted by Crippen LogP contribution is 2.32. The average molecular weight is 363 g/mol. The molecule has 2 N–H and O–H groups in total. The van der Waals surface area contributed by atoms with E-state index in [1.54, 1.807) is 6.07 Å². The molecule has 0 saturated heterocycles. The van der Waals surface area contributed by atoms with Crippen molar-refractivity contribution < 1.29 is 10.0 Å². The summed E-state index contributed by atoms with van der Waals surface area (Å²) in [5.41, 5.74) is 5.86. The van der Waals surface area contributed by atoms with Crippen molar-refractivity contribution in [3.05, 3.63) is 97.1 Å². The van der Waals surface area contributed by atoms with Gasteiger partial charge in [0, 0.05) is 16.5 Å². The van der Waals surface area contributed by atoms with Crippen molar-refractivity contribution in [2.45, 2.75) is 0 Å². The molecule has 28 heavy (non-hydrogen) atoms. The molecular formula is C24H18BNO2. The lowest BCUT2D eigenvalue weighted by atomic mass is 9.77. The Morgan fingerprint density at radius 1 is 0.607 bits per heavy atom. The summed E-state index contributed by atoms with van der Waals surface area (Å²) in [5, 5.41) is 21.7. The second kappa shape index (κ2) is 6.68. The normalized spacial score (nSPS) is 11.2. The SMILES string of the molecule is OB(O)c1cccc2c1c1ccccc1n2-c1cccc(-c2ccccc2)c1. The summed E-state index contributed by atoms with van der Waals surface area (Å²) in [6.07, 6.45) is 0. The smallest absolute Gasteiger partial charge is 0.423 e. The second-order valence-corrected chi connectivity index (χ2v) is 6.88. The molecule has 0 aliphatic heterocycles. The van der Waals surface area contributed by atoms with Crippen LogP contribution in [0.25, 0.3) is 38.6 Å². The standard InChI is InChI=1S/C24H18BNO2/c27-25(28)21-13-7-15-23-24(21)20-12-4-5-14-22(20)26(23)19-11-6-10-18(16-19)17-8-2-1-3-9-17/h1-16,27-28H. The Morgan fingerprint density at radius 2 is 1.29 bits per heavy atom. The van der Waals surface area contributed by atoms with Gasteiger partial charge in [0.15, 0.2) is 0 Å². The van der Waals surface area contributed by atoms with E-state index in [1.807, 2.05) is 48.5 Å². The molecule has 0 aliphatic carbocycles. The second-order valence-electron chi connectivity index (χ2n) is 6.88. The number of benzene rings is 4. The molecule has 4 heteroatoms. The predicted molar refractivity (Wildman–Crippen MR) is 116 cm³/mol. The minimum Gasteiger partial charge on any atom is -0.423 e. The van der Waals surface area contributed by atoms with Crippen molar-refractivity contribution in [3.63, 3.8) is 0 Å². The Hall–Kier alpha value is -3.34. The summed E-state index contributed by atoms with van der Waals surface area (Å²) in [6, 6.07) is 32.5. The van der Waals surface area contributed by atoms with E-state index in [2.05, 4.69) is 47.0 Å². The van der Waals surface area contributed by atoms with E-state index < -0.39 is 7.12 Å². The third-order valence-electron chi connectivity index (χ3n) is 5.22. The van der Waals surface area contributed by atoms with Gasteiger partial charge in [-0.15, -0.1) is 0 Å². The zero-order valence-electron chi connectivity index (χ0n) is 15.2. The molecule has 134 valence electrons. The van der Waals surface area contributed by atoms with E-state index in [4.69, 9.17) is 0 Å². The zero-order valence-corrected chi connectivity index (χ0v) is 15.2. The van der Waals surface area contributed by atoms with Crippen LogP contribution in [0, 0.1) is 0 Å². The van der Waals surface area contributed by atoms with E-state index in [9.17, 15) is 10.0 Å². The predicted octanol–water partition coefficient (Wildman–Crippen LogP) is 4.13. The summed E-state index contributed by atoms with van der Waals surface area (Å²) >= 11 is 0. The first-order valence-corrected chi connectivity index (χ1v) is 9.28. The first-order chi connectivity index (χ1) is 13.7. The number of rotatable bonds is 3. The molecule has 1 heterocycles. The van der Waals surface area contributed by atoms with Crippen LogP contribution >= 0.6 is 0 Å². The van der Waals surface area contributed by atoms with Crippen molar-refractivity contribution in [2.75, 3.05) is 0 Å². The zero-order chi connectivity index (χ0) is 19.1. The van der Waals surface area contributed by atoms with E-state index in [0.29, 0.717) is 5.46 Å². The molecular weight excluding hydrogens is 345 g/mol. The van der Waals surface area contributed by atoms with Gasteiger partial charge in [-0.25, -0.2) is 0 Å². The quantitative estimate of drug-likeness (QED) is 0.474. The van der Waals surface area contributed by atoms with Gasteiger partial charge < -0.3 is 14.6 Å². The van der Waals surface area contributed by atoms with Gasteiger partial charge in [-0.05, 0) is 40.9 Å². The maximum atomic E-state index is 9.90. The Balaban J connectivity index is 1.84. The first kappa shape index (κ1) is 16.8. The van der Waals surface area contributed by atoms with Crippen LogP contribution in [0.15, 0.2) is 97.1 Å². The highest BCUT2D eigenvalue weighted by Gasteiger charge is 2.20. The molecule has 0 radical (unpaired) electrons. The number of nitrogens with zero attached hydrogens (tertiary/aromatic N) is 1. The van der Waals surface area contributed by atoms with Crippen LogP contribution in [0.4, 0.5) is 0 Å². The average Bonchev–Trinajstić information content (AvgIpc) is 3.09. The molecule has 0 aliphatic rings. The summed E-state index contributed by atoms with van der Waals surface area (Å²) in [6.45, 7) is 0. The molecule has 0 fully saturated rings. The first-order valence-electron chi connectivity index (χ1n) is 9.28. The number of aromatic nitrogens is 1. The molecule has 5 aromatic rings. The number of para-hydroxylation sites is 1. The van der Waals surface area contributed by atoms with Gasteiger partial charge in [-0.1, -0.05) is 72.8 Å². The molecule has 0 amide bonds. The van der Waals surface area contributed by atoms with Crippen molar-refractivity contribution in [2.24, 2.45) is 0 Å². The molecule has 0 atom stereocenters. The Morgan fingerprint density at radius 3 is 2.11 bits per heavy atom. The fourth-order valence-corrected chi connectivity index (χ4v) is 4.00. The van der Waals surface area contributed by atoms with Crippen LogP contribution < -0.4 is 5.46 Å². The van der Waals surface area contributed by atoms with E-state index in [1.165, 1.54) is 0 Å². The molecule has 5 rings (SSSR count). The van der Waals surface area contributed by atoms with Crippen molar-refractivity contribution in [3.8, 4) is 16.8 Å². The highest BCUT2D eigenvalue weighted by atomic mass is 16.4. The van der Waals surface area contributed by atoms with Gasteiger partial charge in [0.1, 0.15) is 0 Å². The molecule has 1 aromatic heterocycles. The van der Waals surface area contributed by atoms with Gasteiger partial charge in [0.05, 0.1) is 11.0 Å². The Bertz CT molecular complexity index is 1290. The summed E-state index contributed by atoms with van der Waals surface area (Å²) < 4.78 is 2.18. The number of hydrogen-bond acceptors (Lipinski definition) is 2. The fraction of sp³-hybridized carbons (Fsp3) is 0. The van der Waals surface area contributed by atoms with Gasteiger partial charge in [0.25, 0.3) is 0 Å². The third-order valence-corrected chi connectivity index (χ3v) is 5.22. The topological polar surface area (TPSA) is 45.4 Å². The lowest BCUT2D eigenvalue weighted by Gasteiger charge is -2.10. The summed E-state index contributed by atoms with van der Waals surface area (Å²) in [4.78, 5) is 0. The van der Waals surface area contributed by atoms with Crippen molar-refractivity contribution in [1.29, 1.82) is 0 Å². The summed E-state index contributed by atoms with van der Waals surface area (Å²) in [5.74, 6) is 0. The van der Waals surface area contributed by atoms with Gasteiger partial charge in [-0.3, -0.25) is 0 Å². The molecule has 0 saturated carbocycles. The maximum Gasteiger partial charge on any atom is 0.489 e. The van der Waals surface area contributed by atoms with E-state index >= 15 is 0 Å². The van der Waals surface area contributed by atoms with Gasteiger partial charge >= 0.3 is 7.12 Å². The highest BCUT2D eigenvalue weighted by molar-refractivity contribution is 6.63.